The van der Waals surface area contributed by atoms with Gasteiger partial charge in [0, 0.05) is 13.2 Å². The van der Waals surface area contributed by atoms with Gasteiger partial charge in [-0.3, -0.25) is 4.79 Å². The quantitative estimate of drug-likeness (QED) is 0.609. The zero-order chi connectivity index (χ0) is 16.7. The number of carbonyl (C=O) groups excluding carboxylic acids is 1. The molecule has 0 fully saturated rings. The first kappa shape index (κ1) is 17.3. The van der Waals surface area contributed by atoms with Gasteiger partial charge in [0.1, 0.15) is 5.75 Å². The predicted molar refractivity (Wildman–Crippen MR) is 93.1 cm³/mol. The molecule has 2 rings (SSSR count). The molecule has 0 unspecified atom stereocenters. The van der Waals surface area contributed by atoms with E-state index < -0.39 is 0 Å². The van der Waals surface area contributed by atoms with Crippen molar-refractivity contribution >= 4 is 40.9 Å². The molecule has 0 aliphatic heterocycles. The molecular weight excluding hydrogens is 337 g/mol. The van der Waals surface area contributed by atoms with Gasteiger partial charge < -0.3 is 14.8 Å². The van der Waals surface area contributed by atoms with Crippen molar-refractivity contribution in [1.29, 1.82) is 0 Å². The molecule has 2 aromatic carbocycles. The topological polar surface area (TPSA) is 47.6 Å². The fraction of sp³-hybridized carbons (Fsp3) is 0.118. The number of benzene rings is 2. The zero-order valence-electron chi connectivity index (χ0n) is 12.4. The maximum atomic E-state index is 11.9. The molecule has 0 saturated heterocycles. The van der Waals surface area contributed by atoms with E-state index in [-0.39, 0.29) is 12.7 Å². The first-order chi connectivity index (χ1) is 11.1. The molecule has 0 saturated carbocycles. The highest BCUT2D eigenvalue weighted by molar-refractivity contribution is 6.44. The Labute approximate surface area is 144 Å². The largest absolute Gasteiger partial charge is 0.468 e. The van der Waals surface area contributed by atoms with Crippen LogP contribution in [0.4, 0.5) is 5.69 Å². The van der Waals surface area contributed by atoms with Crippen molar-refractivity contribution in [1.82, 2.24) is 0 Å². The van der Waals surface area contributed by atoms with Gasteiger partial charge in [-0.1, -0.05) is 41.4 Å². The minimum Gasteiger partial charge on any atom is -0.468 e. The van der Waals surface area contributed by atoms with Crippen molar-refractivity contribution < 1.29 is 14.3 Å². The van der Waals surface area contributed by atoms with E-state index in [0.29, 0.717) is 21.5 Å². The highest BCUT2D eigenvalue weighted by atomic mass is 35.5. The molecule has 0 atom stereocenters. The molecule has 6 heteroatoms. The lowest BCUT2D eigenvalue weighted by molar-refractivity contribution is -0.111. The van der Waals surface area contributed by atoms with Crippen molar-refractivity contribution in [2.75, 3.05) is 19.2 Å². The Morgan fingerprint density at radius 2 is 1.91 bits per heavy atom. The van der Waals surface area contributed by atoms with Crippen LogP contribution >= 0.6 is 23.2 Å². The molecule has 0 heterocycles. The van der Waals surface area contributed by atoms with Gasteiger partial charge >= 0.3 is 0 Å². The summed E-state index contributed by atoms with van der Waals surface area (Å²) in [7, 11) is 1.56. The Kier molecular flexibility index (Phi) is 6.47. The number of hydrogen-bond acceptors (Lipinski definition) is 3. The van der Waals surface area contributed by atoms with E-state index in [1.165, 1.54) is 6.08 Å². The number of carbonyl (C=O) groups is 1. The maximum absolute atomic E-state index is 11.9. The number of halogens is 2. The summed E-state index contributed by atoms with van der Waals surface area (Å²) in [6.45, 7) is 0.192. The smallest absolute Gasteiger partial charge is 0.248 e. The third-order valence-corrected chi connectivity index (χ3v) is 3.68. The second-order valence-electron chi connectivity index (χ2n) is 4.54. The normalized spacial score (nSPS) is 10.7. The highest BCUT2D eigenvalue weighted by Crippen LogP contribution is 2.29. The Morgan fingerprint density at radius 3 is 2.61 bits per heavy atom. The van der Waals surface area contributed by atoms with Gasteiger partial charge in [-0.2, -0.15) is 0 Å². The second kappa shape index (κ2) is 8.58. The lowest BCUT2D eigenvalue weighted by atomic mass is 10.2. The van der Waals surface area contributed by atoms with Crippen molar-refractivity contribution in [3.05, 3.63) is 64.1 Å². The Bertz CT molecular complexity index is 699. The van der Waals surface area contributed by atoms with Crippen LogP contribution in [0.3, 0.4) is 0 Å². The summed E-state index contributed by atoms with van der Waals surface area (Å²) in [5.41, 5.74) is 1.33. The average molecular weight is 352 g/mol. The van der Waals surface area contributed by atoms with Crippen LogP contribution in [-0.2, 0) is 9.53 Å². The van der Waals surface area contributed by atoms with E-state index in [2.05, 4.69) is 5.32 Å². The zero-order valence-corrected chi connectivity index (χ0v) is 13.9. The number of ether oxygens (including phenoxy) is 2. The summed E-state index contributed by atoms with van der Waals surface area (Å²) in [5.74, 6) is 0.396. The first-order valence-corrected chi connectivity index (χ1v) is 7.50. The molecule has 0 aliphatic carbocycles. The molecule has 1 amide bonds. The minimum absolute atomic E-state index is 0.192. The number of amides is 1. The predicted octanol–water partition coefficient (Wildman–Crippen LogP) is 4.63. The van der Waals surface area contributed by atoms with Crippen LogP contribution < -0.4 is 10.1 Å². The van der Waals surface area contributed by atoms with Crippen molar-refractivity contribution in [2.24, 2.45) is 0 Å². The third-order valence-electron chi connectivity index (χ3n) is 2.86. The maximum Gasteiger partial charge on any atom is 0.248 e. The third kappa shape index (κ3) is 5.28. The van der Waals surface area contributed by atoms with Crippen LogP contribution in [0.25, 0.3) is 6.08 Å². The number of hydrogen-bond donors (Lipinski definition) is 1. The molecule has 4 nitrogen and oxygen atoms in total. The summed E-state index contributed by atoms with van der Waals surface area (Å²) >= 11 is 11.9. The van der Waals surface area contributed by atoms with Gasteiger partial charge in [0.15, 0.2) is 6.79 Å². The van der Waals surface area contributed by atoms with Crippen molar-refractivity contribution in [2.45, 2.75) is 0 Å². The molecule has 0 bridgehead atoms. The average Bonchev–Trinajstić information content (AvgIpc) is 2.56. The number of rotatable bonds is 6. The van der Waals surface area contributed by atoms with E-state index >= 15 is 0 Å². The Morgan fingerprint density at radius 1 is 1.17 bits per heavy atom. The molecule has 120 valence electrons. The summed E-state index contributed by atoms with van der Waals surface area (Å²) in [6, 6.07) is 12.3. The lowest BCUT2D eigenvalue weighted by Crippen LogP contribution is -2.08. The summed E-state index contributed by atoms with van der Waals surface area (Å²) in [6.07, 6.45) is 3.11. The monoisotopic (exact) mass is 351 g/mol. The summed E-state index contributed by atoms with van der Waals surface area (Å²) in [5, 5.41) is 3.38. The van der Waals surface area contributed by atoms with Crippen molar-refractivity contribution in [3.63, 3.8) is 0 Å². The molecule has 2 aromatic rings. The Hall–Kier alpha value is -2.01. The fourth-order valence-electron chi connectivity index (χ4n) is 1.75. The number of methoxy groups -OCH3 is 1. The summed E-state index contributed by atoms with van der Waals surface area (Å²) in [4.78, 5) is 11.9. The fourth-order valence-corrected chi connectivity index (χ4v) is 2.10. The highest BCUT2D eigenvalue weighted by Gasteiger charge is 2.06. The van der Waals surface area contributed by atoms with Gasteiger partial charge in [0.25, 0.3) is 0 Å². The van der Waals surface area contributed by atoms with Crippen LogP contribution in [0.5, 0.6) is 5.75 Å². The van der Waals surface area contributed by atoms with Gasteiger partial charge in [-0.05, 0) is 35.9 Å². The van der Waals surface area contributed by atoms with Crippen LogP contribution in [0, 0.1) is 0 Å². The van der Waals surface area contributed by atoms with E-state index in [9.17, 15) is 4.79 Å². The van der Waals surface area contributed by atoms with E-state index in [1.807, 2.05) is 12.1 Å². The standard InChI is InChI=1S/C17H15Cl2NO3/c1-22-11-23-13-8-5-12(6-9-13)7-10-16(21)20-15-4-2-3-14(18)17(15)19/h2-10H,11H2,1H3,(H,20,21)/b10-7+. The molecule has 0 aliphatic rings. The van der Waals surface area contributed by atoms with Crippen LogP contribution in [0.2, 0.25) is 10.0 Å². The second-order valence-corrected chi connectivity index (χ2v) is 5.33. The molecule has 0 radical (unpaired) electrons. The number of anilines is 1. The number of nitrogens with one attached hydrogen (secondary N) is 1. The van der Waals surface area contributed by atoms with E-state index in [0.717, 1.165) is 5.56 Å². The Balaban J connectivity index is 1.96. The van der Waals surface area contributed by atoms with Crippen molar-refractivity contribution in [3.8, 4) is 5.75 Å². The van der Waals surface area contributed by atoms with E-state index in [4.69, 9.17) is 32.7 Å². The van der Waals surface area contributed by atoms with Gasteiger partial charge in [-0.15, -0.1) is 0 Å². The van der Waals surface area contributed by atoms with Gasteiger partial charge in [0.05, 0.1) is 15.7 Å². The van der Waals surface area contributed by atoms with Crippen LogP contribution in [0.1, 0.15) is 5.56 Å². The lowest BCUT2D eigenvalue weighted by Gasteiger charge is -2.06. The van der Waals surface area contributed by atoms with E-state index in [1.54, 1.807) is 43.5 Å². The van der Waals surface area contributed by atoms with Gasteiger partial charge in [0.2, 0.25) is 5.91 Å². The van der Waals surface area contributed by atoms with Crippen LogP contribution in [-0.4, -0.2) is 19.8 Å². The molecule has 23 heavy (non-hydrogen) atoms. The molecule has 1 N–H and O–H groups in total. The summed E-state index contributed by atoms with van der Waals surface area (Å²) < 4.78 is 10.1. The van der Waals surface area contributed by atoms with Gasteiger partial charge in [-0.25, -0.2) is 0 Å². The van der Waals surface area contributed by atoms with Crippen LogP contribution in [0.15, 0.2) is 48.5 Å². The minimum atomic E-state index is -0.297. The SMILES string of the molecule is COCOc1ccc(/C=C/C(=O)Nc2cccc(Cl)c2Cl)cc1. The molecule has 0 spiro atoms. The molecular formula is C17H15Cl2NO3. The molecule has 0 aromatic heterocycles. The first-order valence-electron chi connectivity index (χ1n) is 6.75.